The fraction of sp³-hybridized carbons (Fsp3) is 0.462. The number of benzene rings is 1. The molecular formula is C13H17NO3. The van der Waals surface area contributed by atoms with Gasteiger partial charge in [0, 0.05) is 5.69 Å². The smallest absolute Gasteiger partial charge is 0.230 e. The van der Waals surface area contributed by atoms with Crippen LogP contribution in [0.4, 0.5) is 5.69 Å². The van der Waals surface area contributed by atoms with Crippen LogP contribution in [0.15, 0.2) is 18.2 Å². The number of aliphatic hydroxyl groups excluding tert-OH is 1. The topological polar surface area (TPSA) is 69.6 Å². The Morgan fingerprint density at radius 1 is 1.41 bits per heavy atom. The maximum atomic E-state index is 11.9. The van der Waals surface area contributed by atoms with Gasteiger partial charge in [0.05, 0.1) is 12.0 Å². The molecule has 92 valence electrons. The van der Waals surface area contributed by atoms with Crippen molar-refractivity contribution in [2.45, 2.75) is 32.3 Å². The molecule has 0 aliphatic heterocycles. The first kappa shape index (κ1) is 11.9. The van der Waals surface area contributed by atoms with E-state index < -0.39 is 6.10 Å². The molecule has 0 spiro atoms. The Morgan fingerprint density at radius 2 is 2.18 bits per heavy atom. The molecule has 4 nitrogen and oxygen atoms in total. The molecule has 1 aliphatic rings. The van der Waals surface area contributed by atoms with Gasteiger partial charge in [-0.3, -0.25) is 4.79 Å². The second-order valence-corrected chi connectivity index (χ2v) is 4.59. The fourth-order valence-electron chi connectivity index (χ4n) is 2.26. The number of rotatable bonds is 2. The Hall–Kier alpha value is -1.55. The summed E-state index contributed by atoms with van der Waals surface area (Å²) in [6, 6.07) is 4.80. The molecule has 1 aromatic carbocycles. The van der Waals surface area contributed by atoms with Gasteiger partial charge in [-0.15, -0.1) is 0 Å². The van der Waals surface area contributed by atoms with E-state index in [4.69, 9.17) is 0 Å². The van der Waals surface area contributed by atoms with Crippen molar-refractivity contribution in [1.29, 1.82) is 0 Å². The van der Waals surface area contributed by atoms with Crippen LogP contribution in [0.2, 0.25) is 0 Å². The molecule has 0 radical (unpaired) electrons. The Balaban J connectivity index is 2.07. The van der Waals surface area contributed by atoms with Gasteiger partial charge in [-0.1, -0.05) is 0 Å². The van der Waals surface area contributed by atoms with Gasteiger partial charge >= 0.3 is 0 Å². The molecule has 0 aromatic heterocycles. The van der Waals surface area contributed by atoms with Crippen LogP contribution in [0.1, 0.15) is 24.8 Å². The van der Waals surface area contributed by atoms with Gasteiger partial charge in [-0.2, -0.15) is 0 Å². The van der Waals surface area contributed by atoms with Crippen molar-refractivity contribution in [1.82, 2.24) is 0 Å². The number of aryl methyl sites for hydroxylation is 1. The van der Waals surface area contributed by atoms with Gasteiger partial charge < -0.3 is 15.5 Å². The van der Waals surface area contributed by atoms with Gasteiger partial charge in [0.25, 0.3) is 0 Å². The minimum atomic E-state index is -0.521. The molecular weight excluding hydrogens is 218 g/mol. The maximum Gasteiger partial charge on any atom is 0.230 e. The number of aromatic hydroxyl groups is 1. The highest BCUT2D eigenvalue weighted by Crippen LogP contribution is 2.28. The minimum Gasteiger partial charge on any atom is -0.508 e. The molecule has 2 atom stereocenters. The second-order valence-electron chi connectivity index (χ2n) is 4.59. The van der Waals surface area contributed by atoms with E-state index in [2.05, 4.69) is 5.32 Å². The van der Waals surface area contributed by atoms with Crippen LogP contribution in [0, 0.1) is 12.8 Å². The number of amides is 1. The average molecular weight is 235 g/mol. The second kappa shape index (κ2) is 4.75. The summed E-state index contributed by atoms with van der Waals surface area (Å²) in [5.74, 6) is -0.256. The van der Waals surface area contributed by atoms with Crippen LogP contribution in [0.3, 0.4) is 0 Å². The normalized spacial score (nSPS) is 23.6. The maximum absolute atomic E-state index is 11.9. The van der Waals surface area contributed by atoms with Gasteiger partial charge in [0.2, 0.25) is 5.91 Å². The van der Waals surface area contributed by atoms with E-state index in [1.807, 2.05) is 6.92 Å². The highest BCUT2D eigenvalue weighted by molar-refractivity contribution is 5.93. The monoisotopic (exact) mass is 235 g/mol. The highest BCUT2D eigenvalue weighted by atomic mass is 16.3. The number of carbonyl (C=O) groups is 1. The van der Waals surface area contributed by atoms with Crippen molar-refractivity contribution in [3.63, 3.8) is 0 Å². The van der Waals surface area contributed by atoms with E-state index in [0.29, 0.717) is 12.1 Å². The molecule has 2 rings (SSSR count). The number of hydrogen-bond acceptors (Lipinski definition) is 3. The van der Waals surface area contributed by atoms with Gasteiger partial charge in [0.15, 0.2) is 0 Å². The zero-order valence-electron chi connectivity index (χ0n) is 9.81. The lowest BCUT2D eigenvalue weighted by Crippen LogP contribution is -2.28. The number of aliphatic hydroxyl groups is 1. The Kier molecular flexibility index (Phi) is 3.33. The minimum absolute atomic E-state index is 0.135. The number of hydrogen-bond donors (Lipinski definition) is 3. The molecule has 0 heterocycles. The molecule has 17 heavy (non-hydrogen) atoms. The van der Waals surface area contributed by atoms with E-state index >= 15 is 0 Å². The highest BCUT2D eigenvalue weighted by Gasteiger charge is 2.31. The standard InChI is InChI=1S/C13H17NO3/c1-8-7-9(15)5-6-11(8)14-13(17)10-3-2-4-12(10)16/h5-7,10,12,15-16H,2-4H2,1H3,(H,14,17). The molecule has 3 N–H and O–H groups in total. The van der Waals surface area contributed by atoms with Crippen molar-refractivity contribution in [2.75, 3.05) is 5.32 Å². The van der Waals surface area contributed by atoms with E-state index in [-0.39, 0.29) is 17.6 Å². The number of nitrogens with one attached hydrogen (secondary N) is 1. The van der Waals surface area contributed by atoms with Crippen molar-refractivity contribution in [3.05, 3.63) is 23.8 Å². The largest absolute Gasteiger partial charge is 0.508 e. The molecule has 1 saturated carbocycles. The Bertz CT molecular complexity index is 431. The van der Waals surface area contributed by atoms with Crippen LogP contribution >= 0.6 is 0 Å². The van der Waals surface area contributed by atoms with Gasteiger partial charge in [0.1, 0.15) is 5.75 Å². The lowest BCUT2D eigenvalue weighted by Gasteiger charge is -2.15. The predicted molar refractivity (Wildman–Crippen MR) is 64.8 cm³/mol. The SMILES string of the molecule is Cc1cc(O)ccc1NC(=O)C1CCCC1O. The summed E-state index contributed by atoms with van der Waals surface area (Å²) in [6.07, 6.45) is 1.82. The van der Waals surface area contributed by atoms with Crippen molar-refractivity contribution < 1.29 is 15.0 Å². The fourth-order valence-corrected chi connectivity index (χ4v) is 2.26. The molecule has 1 aliphatic carbocycles. The number of phenols is 1. The summed E-state index contributed by atoms with van der Waals surface area (Å²) in [5.41, 5.74) is 1.50. The Morgan fingerprint density at radius 3 is 2.76 bits per heavy atom. The molecule has 4 heteroatoms. The summed E-state index contributed by atoms with van der Waals surface area (Å²) in [6.45, 7) is 1.82. The summed E-state index contributed by atoms with van der Waals surface area (Å²) in [4.78, 5) is 11.9. The lowest BCUT2D eigenvalue weighted by molar-refractivity contribution is -0.122. The van der Waals surface area contributed by atoms with Crippen LogP contribution < -0.4 is 5.32 Å². The molecule has 1 aromatic rings. The molecule has 2 unspecified atom stereocenters. The summed E-state index contributed by atoms with van der Waals surface area (Å²) >= 11 is 0. The van der Waals surface area contributed by atoms with Gasteiger partial charge in [-0.05, 0) is 49.9 Å². The number of anilines is 1. The van der Waals surface area contributed by atoms with Crippen molar-refractivity contribution >= 4 is 11.6 Å². The zero-order chi connectivity index (χ0) is 12.4. The van der Waals surface area contributed by atoms with E-state index in [1.165, 1.54) is 6.07 Å². The number of phenolic OH excluding ortho intramolecular Hbond substituents is 1. The third-order valence-corrected chi connectivity index (χ3v) is 3.28. The van der Waals surface area contributed by atoms with E-state index in [1.54, 1.807) is 12.1 Å². The first-order valence-corrected chi connectivity index (χ1v) is 5.86. The van der Waals surface area contributed by atoms with E-state index in [0.717, 1.165) is 18.4 Å². The van der Waals surface area contributed by atoms with Crippen LogP contribution in [0.25, 0.3) is 0 Å². The van der Waals surface area contributed by atoms with Crippen LogP contribution in [-0.4, -0.2) is 22.2 Å². The summed E-state index contributed by atoms with van der Waals surface area (Å²) in [7, 11) is 0. The molecule has 1 fully saturated rings. The predicted octanol–water partition coefficient (Wildman–Crippen LogP) is 1.80. The molecule has 1 amide bonds. The van der Waals surface area contributed by atoms with Crippen molar-refractivity contribution in [3.8, 4) is 5.75 Å². The van der Waals surface area contributed by atoms with Crippen LogP contribution in [0.5, 0.6) is 5.75 Å². The first-order valence-electron chi connectivity index (χ1n) is 5.86. The third kappa shape index (κ3) is 2.58. The third-order valence-electron chi connectivity index (χ3n) is 3.28. The van der Waals surface area contributed by atoms with Crippen molar-refractivity contribution in [2.24, 2.45) is 5.92 Å². The quantitative estimate of drug-likeness (QED) is 0.684. The van der Waals surface area contributed by atoms with Crippen LogP contribution in [-0.2, 0) is 4.79 Å². The summed E-state index contributed by atoms with van der Waals surface area (Å²) in [5, 5.41) is 21.7. The summed E-state index contributed by atoms with van der Waals surface area (Å²) < 4.78 is 0. The Labute approximate surface area is 100 Å². The lowest BCUT2D eigenvalue weighted by atomic mass is 10.0. The average Bonchev–Trinajstić information content (AvgIpc) is 2.68. The van der Waals surface area contributed by atoms with Gasteiger partial charge in [-0.25, -0.2) is 0 Å². The van der Waals surface area contributed by atoms with E-state index in [9.17, 15) is 15.0 Å². The first-order chi connectivity index (χ1) is 8.08. The molecule has 0 saturated heterocycles. The zero-order valence-corrected chi connectivity index (χ0v) is 9.81. The molecule has 0 bridgehead atoms. The number of carbonyl (C=O) groups excluding carboxylic acids is 1.